The van der Waals surface area contributed by atoms with Crippen molar-refractivity contribution in [3.8, 4) is 0 Å². The van der Waals surface area contributed by atoms with Gasteiger partial charge in [-0.3, -0.25) is 4.79 Å². The van der Waals surface area contributed by atoms with Crippen molar-refractivity contribution in [3.63, 3.8) is 0 Å². The average molecular weight is 254 g/mol. The lowest BCUT2D eigenvalue weighted by atomic mass is 10.2. The first-order chi connectivity index (χ1) is 8.65. The smallest absolute Gasteiger partial charge is 0.236 e. The summed E-state index contributed by atoms with van der Waals surface area (Å²) in [5.41, 5.74) is 0.502. The van der Waals surface area contributed by atoms with E-state index in [1.165, 1.54) is 12.1 Å². The second-order valence-corrected chi connectivity index (χ2v) is 4.47. The van der Waals surface area contributed by atoms with Crippen molar-refractivity contribution in [2.75, 3.05) is 19.6 Å². The summed E-state index contributed by atoms with van der Waals surface area (Å²) in [5.74, 6) is -1.15. The lowest BCUT2D eigenvalue weighted by molar-refractivity contribution is -0.129. The fourth-order valence-electron chi connectivity index (χ4n) is 2.11. The van der Waals surface area contributed by atoms with E-state index in [0.717, 1.165) is 32.0 Å². The Hall–Kier alpha value is -1.49. The van der Waals surface area contributed by atoms with Gasteiger partial charge in [-0.05, 0) is 30.5 Å². The molecule has 98 valence electrons. The van der Waals surface area contributed by atoms with Gasteiger partial charge in [0.15, 0.2) is 0 Å². The topological polar surface area (TPSA) is 32.3 Å². The molecule has 0 aliphatic carbocycles. The van der Waals surface area contributed by atoms with Gasteiger partial charge in [-0.15, -0.1) is 0 Å². The highest BCUT2D eigenvalue weighted by Gasteiger charge is 2.16. The second kappa shape index (κ2) is 5.91. The number of carbonyl (C=O) groups excluding carboxylic acids is 1. The molecule has 0 atom stereocenters. The summed E-state index contributed by atoms with van der Waals surface area (Å²) in [7, 11) is 0. The van der Waals surface area contributed by atoms with Crippen LogP contribution in [0, 0.1) is 11.6 Å². The molecule has 1 N–H and O–H groups in total. The van der Waals surface area contributed by atoms with E-state index in [9.17, 15) is 13.6 Å². The molecule has 0 aromatic heterocycles. The van der Waals surface area contributed by atoms with E-state index in [-0.39, 0.29) is 19.0 Å². The largest absolute Gasteiger partial charge is 0.342 e. The number of nitrogens with one attached hydrogen (secondary N) is 1. The number of halogens is 2. The molecule has 0 bridgehead atoms. The van der Waals surface area contributed by atoms with E-state index < -0.39 is 11.6 Å². The first-order valence-electron chi connectivity index (χ1n) is 6.08. The van der Waals surface area contributed by atoms with Gasteiger partial charge < -0.3 is 10.2 Å². The zero-order valence-electron chi connectivity index (χ0n) is 10.1. The third-order valence-electron chi connectivity index (χ3n) is 2.99. The van der Waals surface area contributed by atoms with E-state index in [1.807, 2.05) is 0 Å². The molecule has 0 radical (unpaired) electrons. The first kappa shape index (κ1) is 13.0. The number of carbonyl (C=O) groups is 1. The van der Waals surface area contributed by atoms with Crippen molar-refractivity contribution in [1.29, 1.82) is 0 Å². The van der Waals surface area contributed by atoms with E-state index in [4.69, 9.17) is 0 Å². The SMILES string of the molecule is O=C(CNCc1cc(F)cc(F)c1)N1CCCC1. The van der Waals surface area contributed by atoms with Crippen LogP contribution in [0.15, 0.2) is 18.2 Å². The van der Waals surface area contributed by atoms with Crippen LogP contribution in [0.2, 0.25) is 0 Å². The van der Waals surface area contributed by atoms with E-state index in [2.05, 4.69) is 5.32 Å². The number of amides is 1. The van der Waals surface area contributed by atoms with Gasteiger partial charge in [-0.1, -0.05) is 0 Å². The third kappa shape index (κ3) is 3.50. The Morgan fingerprint density at radius 2 is 1.78 bits per heavy atom. The Morgan fingerprint density at radius 1 is 1.17 bits per heavy atom. The minimum atomic E-state index is -0.599. The molecule has 1 aromatic rings. The Labute approximate surface area is 105 Å². The summed E-state index contributed by atoms with van der Waals surface area (Å²) in [6.07, 6.45) is 2.11. The molecule has 5 heteroatoms. The number of likely N-dealkylation sites (tertiary alicyclic amines) is 1. The summed E-state index contributed by atoms with van der Waals surface area (Å²) in [4.78, 5) is 13.5. The molecule has 1 amide bonds. The molecule has 1 aliphatic rings. The van der Waals surface area contributed by atoms with Crippen LogP contribution in [0.1, 0.15) is 18.4 Å². The Kier molecular flexibility index (Phi) is 4.25. The molecular weight excluding hydrogens is 238 g/mol. The minimum Gasteiger partial charge on any atom is -0.342 e. The molecule has 1 heterocycles. The summed E-state index contributed by atoms with van der Waals surface area (Å²) in [5, 5.41) is 2.91. The molecule has 3 nitrogen and oxygen atoms in total. The highest BCUT2D eigenvalue weighted by Crippen LogP contribution is 2.08. The summed E-state index contributed by atoms with van der Waals surface area (Å²) < 4.78 is 25.8. The Bertz CT molecular complexity index is 411. The number of benzene rings is 1. The van der Waals surface area contributed by atoms with Crippen molar-refractivity contribution in [2.45, 2.75) is 19.4 Å². The van der Waals surface area contributed by atoms with E-state index in [1.54, 1.807) is 4.90 Å². The van der Waals surface area contributed by atoms with Crippen LogP contribution in [0.4, 0.5) is 8.78 Å². The van der Waals surface area contributed by atoms with Gasteiger partial charge >= 0.3 is 0 Å². The van der Waals surface area contributed by atoms with Crippen LogP contribution in [-0.2, 0) is 11.3 Å². The number of hydrogen-bond acceptors (Lipinski definition) is 2. The lowest BCUT2D eigenvalue weighted by Gasteiger charge is -2.15. The quantitative estimate of drug-likeness (QED) is 0.886. The van der Waals surface area contributed by atoms with Crippen LogP contribution in [0.5, 0.6) is 0 Å². The van der Waals surface area contributed by atoms with Gasteiger partial charge in [0.2, 0.25) is 5.91 Å². The van der Waals surface area contributed by atoms with Crippen molar-refractivity contribution in [2.24, 2.45) is 0 Å². The zero-order chi connectivity index (χ0) is 13.0. The Balaban J connectivity index is 1.79. The molecule has 1 saturated heterocycles. The predicted octanol–water partition coefficient (Wildman–Crippen LogP) is 1.68. The van der Waals surface area contributed by atoms with Gasteiger partial charge in [0.1, 0.15) is 11.6 Å². The van der Waals surface area contributed by atoms with Gasteiger partial charge in [0.05, 0.1) is 6.54 Å². The fraction of sp³-hybridized carbons (Fsp3) is 0.462. The summed E-state index contributed by atoms with van der Waals surface area (Å²) >= 11 is 0. The van der Waals surface area contributed by atoms with Crippen molar-refractivity contribution in [3.05, 3.63) is 35.4 Å². The maximum atomic E-state index is 12.9. The Morgan fingerprint density at radius 3 is 2.39 bits per heavy atom. The maximum absolute atomic E-state index is 12.9. The van der Waals surface area contributed by atoms with Gasteiger partial charge in [-0.2, -0.15) is 0 Å². The third-order valence-corrected chi connectivity index (χ3v) is 2.99. The lowest BCUT2D eigenvalue weighted by Crippen LogP contribution is -2.35. The molecule has 0 saturated carbocycles. The number of nitrogens with zero attached hydrogens (tertiary/aromatic N) is 1. The van der Waals surface area contributed by atoms with Crippen LogP contribution in [0.3, 0.4) is 0 Å². The average Bonchev–Trinajstić information content (AvgIpc) is 2.80. The molecule has 0 spiro atoms. The van der Waals surface area contributed by atoms with Crippen LogP contribution >= 0.6 is 0 Å². The zero-order valence-corrected chi connectivity index (χ0v) is 10.1. The monoisotopic (exact) mass is 254 g/mol. The second-order valence-electron chi connectivity index (χ2n) is 4.47. The normalized spacial score (nSPS) is 15.1. The molecule has 1 aromatic carbocycles. The van der Waals surface area contributed by atoms with Gasteiger partial charge in [0, 0.05) is 25.7 Å². The predicted molar refractivity (Wildman–Crippen MR) is 63.9 cm³/mol. The fourth-order valence-corrected chi connectivity index (χ4v) is 2.11. The number of hydrogen-bond donors (Lipinski definition) is 1. The van der Waals surface area contributed by atoms with Gasteiger partial charge in [0.25, 0.3) is 0 Å². The molecule has 1 aliphatic heterocycles. The van der Waals surface area contributed by atoms with Crippen molar-refractivity contribution < 1.29 is 13.6 Å². The minimum absolute atomic E-state index is 0.0457. The highest BCUT2D eigenvalue weighted by molar-refractivity contribution is 5.78. The molecule has 2 rings (SSSR count). The summed E-state index contributed by atoms with van der Waals surface area (Å²) in [6, 6.07) is 3.35. The van der Waals surface area contributed by atoms with Crippen LogP contribution in [-0.4, -0.2) is 30.4 Å². The molecule has 1 fully saturated rings. The van der Waals surface area contributed by atoms with E-state index >= 15 is 0 Å². The molecule has 0 unspecified atom stereocenters. The van der Waals surface area contributed by atoms with Crippen LogP contribution in [0.25, 0.3) is 0 Å². The summed E-state index contributed by atoms with van der Waals surface area (Å²) in [6.45, 7) is 2.12. The van der Waals surface area contributed by atoms with Crippen molar-refractivity contribution >= 4 is 5.91 Å². The highest BCUT2D eigenvalue weighted by atomic mass is 19.1. The maximum Gasteiger partial charge on any atom is 0.236 e. The van der Waals surface area contributed by atoms with Gasteiger partial charge in [-0.25, -0.2) is 8.78 Å². The van der Waals surface area contributed by atoms with Crippen LogP contribution < -0.4 is 5.32 Å². The standard InChI is InChI=1S/C13H16F2N2O/c14-11-5-10(6-12(15)7-11)8-16-9-13(18)17-3-1-2-4-17/h5-7,16H,1-4,8-9H2. The molecular formula is C13H16F2N2O. The van der Waals surface area contributed by atoms with E-state index in [0.29, 0.717) is 5.56 Å². The molecule has 18 heavy (non-hydrogen) atoms. The first-order valence-corrected chi connectivity index (χ1v) is 6.08. The van der Waals surface area contributed by atoms with Crippen molar-refractivity contribution in [1.82, 2.24) is 10.2 Å². The number of rotatable bonds is 4.